The summed E-state index contributed by atoms with van der Waals surface area (Å²) in [5.74, 6) is 0.712. The van der Waals surface area contributed by atoms with E-state index >= 15 is 0 Å². The Labute approximate surface area is 115 Å². The molecule has 0 saturated carbocycles. The van der Waals surface area contributed by atoms with Crippen molar-refractivity contribution in [2.24, 2.45) is 0 Å². The molecule has 0 amide bonds. The van der Waals surface area contributed by atoms with Crippen molar-refractivity contribution < 1.29 is 9.84 Å². The highest BCUT2D eigenvalue weighted by atomic mass is 79.9. The van der Waals surface area contributed by atoms with Crippen LogP contribution in [0.25, 0.3) is 0 Å². The zero-order valence-electron chi connectivity index (χ0n) is 10.4. The van der Waals surface area contributed by atoms with E-state index in [1.165, 1.54) is 0 Å². The number of hydrogen-bond acceptors (Lipinski definition) is 2. The molecule has 94 valence electrons. The van der Waals surface area contributed by atoms with Crippen LogP contribution in [0, 0.1) is 0 Å². The Morgan fingerprint density at radius 1 is 1.06 bits per heavy atom. The fraction of sp³-hybridized carbons (Fsp3) is 0.200. The first-order valence-corrected chi connectivity index (χ1v) is 6.47. The quantitative estimate of drug-likeness (QED) is 0.936. The van der Waals surface area contributed by atoms with Crippen molar-refractivity contribution in [2.45, 2.75) is 12.5 Å². The van der Waals surface area contributed by atoms with Crippen molar-refractivity contribution in [2.75, 3.05) is 7.11 Å². The van der Waals surface area contributed by atoms with Gasteiger partial charge in [-0.1, -0.05) is 36.4 Å². The molecule has 0 heterocycles. The minimum Gasteiger partial charge on any atom is -0.496 e. The van der Waals surface area contributed by atoms with Crippen LogP contribution in [0.15, 0.2) is 53.0 Å². The molecule has 3 heteroatoms. The van der Waals surface area contributed by atoms with E-state index in [9.17, 15) is 5.11 Å². The van der Waals surface area contributed by atoms with E-state index in [1.807, 2.05) is 48.5 Å². The Morgan fingerprint density at radius 3 is 2.33 bits per heavy atom. The number of hydrogen-bond donors (Lipinski definition) is 1. The second kappa shape index (κ2) is 5.12. The van der Waals surface area contributed by atoms with Gasteiger partial charge in [-0.25, -0.2) is 0 Å². The van der Waals surface area contributed by atoms with Gasteiger partial charge in [0.25, 0.3) is 0 Å². The largest absolute Gasteiger partial charge is 0.496 e. The number of benzene rings is 2. The van der Waals surface area contributed by atoms with Gasteiger partial charge in [-0.2, -0.15) is 0 Å². The van der Waals surface area contributed by atoms with Gasteiger partial charge in [0.05, 0.1) is 11.6 Å². The second-order valence-corrected chi connectivity index (χ2v) is 5.14. The molecule has 0 bridgehead atoms. The minimum atomic E-state index is -1.03. The molecule has 1 unspecified atom stereocenters. The third-order valence-corrected chi connectivity index (χ3v) is 3.70. The van der Waals surface area contributed by atoms with Crippen LogP contribution in [0.3, 0.4) is 0 Å². The lowest BCUT2D eigenvalue weighted by atomic mass is 9.88. The van der Waals surface area contributed by atoms with Crippen molar-refractivity contribution in [3.8, 4) is 5.75 Å². The molecule has 0 aliphatic rings. The van der Waals surface area contributed by atoms with Gasteiger partial charge in [-0.15, -0.1) is 0 Å². The maximum Gasteiger partial charge on any atom is 0.133 e. The number of rotatable bonds is 3. The summed E-state index contributed by atoms with van der Waals surface area (Å²) in [7, 11) is 1.61. The molecule has 0 fully saturated rings. The SMILES string of the molecule is COc1cc(C(C)(O)c2ccccc2)ccc1Br. The number of ether oxygens (including phenoxy) is 1. The van der Waals surface area contributed by atoms with Crippen LogP contribution in [0.2, 0.25) is 0 Å². The Balaban J connectivity index is 2.47. The van der Waals surface area contributed by atoms with E-state index < -0.39 is 5.60 Å². The van der Waals surface area contributed by atoms with Crippen LogP contribution in [0.4, 0.5) is 0 Å². The van der Waals surface area contributed by atoms with Crippen LogP contribution in [0.1, 0.15) is 18.1 Å². The molecule has 0 saturated heterocycles. The van der Waals surface area contributed by atoms with Crippen LogP contribution in [-0.2, 0) is 5.60 Å². The summed E-state index contributed by atoms with van der Waals surface area (Å²) >= 11 is 3.41. The number of methoxy groups -OCH3 is 1. The summed E-state index contributed by atoms with van der Waals surface area (Å²) in [6, 6.07) is 15.2. The fourth-order valence-corrected chi connectivity index (χ4v) is 2.30. The first-order chi connectivity index (χ1) is 8.55. The first-order valence-electron chi connectivity index (χ1n) is 5.67. The summed E-state index contributed by atoms with van der Waals surface area (Å²) in [6.07, 6.45) is 0. The van der Waals surface area contributed by atoms with Gasteiger partial charge in [0, 0.05) is 0 Å². The van der Waals surface area contributed by atoms with Gasteiger partial charge in [0.2, 0.25) is 0 Å². The molecule has 0 aromatic heterocycles. The van der Waals surface area contributed by atoms with Crippen LogP contribution >= 0.6 is 15.9 Å². The summed E-state index contributed by atoms with van der Waals surface area (Å²) in [4.78, 5) is 0. The molecular formula is C15H15BrO2. The Kier molecular flexibility index (Phi) is 3.73. The summed E-state index contributed by atoms with van der Waals surface area (Å²) in [5, 5.41) is 10.7. The molecule has 0 aliphatic carbocycles. The first kappa shape index (κ1) is 13.1. The predicted molar refractivity (Wildman–Crippen MR) is 75.8 cm³/mol. The molecule has 2 rings (SSSR count). The van der Waals surface area contributed by atoms with E-state index in [1.54, 1.807) is 14.0 Å². The molecule has 2 aromatic rings. The van der Waals surface area contributed by atoms with Gasteiger partial charge in [0.1, 0.15) is 11.4 Å². The topological polar surface area (TPSA) is 29.5 Å². The standard InChI is InChI=1S/C15H15BrO2/c1-15(17,11-6-4-3-5-7-11)12-8-9-13(16)14(10-12)18-2/h3-10,17H,1-2H3. The van der Waals surface area contributed by atoms with E-state index in [4.69, 9.17) is 4.74 Å². The van der Waals surface area contributed by atoms with Crippen molar-refractivity contribution in [3.63, 3.8) is 0 Å². The lowest BCUT2D eigenvalue weighted by Gasteiger charge is -2.25. The highest BCUT2D eigenvalue weighted by Gasteiger charge is 2.26. The van der Waals surface area contributed by atoms with Gasteiger partial charge < -0.3 is 9.84 Å². The summed E-state index contributed by atoms with van der Waals surface area (Å²) in [6.45, 7) is 1.78. The monoisotopic (exact) mass is 306 g/mol. The zero-order chi connectivity index (χ0) is 13.2. The molecule has 18 heavy (non-hydrogen) atoms. The molecule has 2 aromatic carbocycles. The van der Waals surface area contributed by atoms with Crippen molar-refractivity contribution in [1.82, 2.24) is 0 Å². The second-order valence-electron chi connectivity index (χ2n) is 4.29. The average Bonchev–Trinajstić information content (AvgIpc) is 2.40. The molecular weight excluding hydrogens is 292 g/mol. The van der Waals surface area contributed by atoms with Crippen molar-refractivity contribution >= 4 is 15.9 Å². The van der Waals surface area contributed by atoms with Crippen LogP contribution < -0.4 is 4.74 Å². The Hall–Kier alpha value is -1.32. The lowest BCUT2D eigenvalue weighted by molar-refractivity contribution is 0.102. The molecule has 1 atom stereocenters. The minimum absolute atomic E-state index is 0.712. The predicted octanol–water partition coefficient (Wildman–Crippen LogP) is 3.71. The van der Waals surface area contributed by atoms with Gasteiger partial charge in [-0.3, -0.25) is 0 Å². The van der Waals surface area contributed by atoms with Gasteiger partial charge >= 0.3 is 0 Å². The normalized spacial score (nSPS) is 14.0. The van der Waals surface area contributed by atoms with E-state index in [0.717, 1.165) is 15.6 Å². The van der Waals surface area contributed by atoms with E-state index in [2.05, 4.69) is 15.9 Å². The maximum atomic E-state index is 10.7. The van der Waals surface area contributed by atoms with Gasteiger partial charge in [0.15, 0.2) is 0 Å². The van der Waals surface area contributed by atoms with Crippen LogP contribution in [0.5, 0.6) is 5.75 Å². The molecule has 0 radical (unpaired) electrons. The number of aliphatic hydroxyl groups is 1. The smallest absolute Gasteiger partial charge is 0.133 e. The van der Waals surface area contributed by atoms with Crippen molar-refractivity contribution in [3.05, 3.63) is 64.1 Å². The van der Waals surface area contributed by atoms with Gasteiger partial charge in [-0.05, 0) is 46.1 Å². The zero-order valence-corrected chi connectivity index (χ0v) is 11.9. The fourth-order valence-electron chi connectivity index (χ4n) is 1.89. The third kappa shape index (κ3) is 2.42. The summed E-state index contributed by atoms with van der Waals surface area (Å²) in [5.41, 5.74) is 0.623. The highest BCUT2D eigenvalue weighted by Crippen LogP contribution is 2.34. The molecule has 0 aliphatic heterocycles. The average molecular weight is 307 g/mol. The highest BCUT2D eigenvalue weighted by molar-refractivity contribution is 9.10. The van der Waals surface area contributed by atoms with E-state index in [0.29, 0.717) is 5.75 Å². The van der Waals surface area contributed by atoms with Crippen molar-refractivity contribution in [1.29, 1.82) is 0 Å². The maximum absolute atomic E-state index is 10.7. The summed E-state index contributed by atoms with van der Waals surface area (Å²) < 4.78 is 6.13. The number of halogens is 1. The Bertz CT molecular complexity index is 535. The third-order valence-electron chi connectivity index (χ3n) is 3.05. The molecule has 0 spiro atoms. The lowest BCUT2D eigenvalue weighted by Crippen LogP contribution is -2.22. The Morgan fingerprint density at radius 2 is 1.72 bits per heavy atom. The molecule has 2 nitrogen and oxygen atoms in total. The molecule has 1 N–H and O–H groups in total. The van der Waals surface area contributed by atoms with E-state index in [-0.39, 0.29) is 0 Å². The van der Waals surface area contributed by atoms with Crippen LogP contribution in [-0.4, -0.2) is 12.2 Å².